The molecule has 3 N–H and O–H groups in total. The smallest absolute Gasteiger partial charge is 0.257 e. The lowest BCUT2D eigenvalue weighted by Gasteiger charge is -2.04. The average Bonchev–Trinajstić information content (AvgIpc) is 3.47. The summed E-state index contributed by atoms with van der Waals surface area (Å²) >= 11 is 0. The van der Waals surface area contributed by atoms with Gasteiger partial charge in [-0.15, -0.1) is 0 Å². The molecule has 0 unspecified atom stereocenters. The molecular formula is C16H18N4O2. The van der Waals surface area contributed by atoms with Crippen LogP contribution in [0.5, 0.6) is 0 Å². The zero-order valence-corrected chi connectivity index (χ0v) is 12.2. The van der Waals surface area contributed by atoms with Gasteiger partial charge in [-0.3, -0.25) is 4.79 Å². The van der Waals surface area contributed by atoms with Crippen LogP contribution >= 0.6 is 0 Å². The van der Waals surface area contributed by atoms with Crippen molar-refractivity contribution in [1.29, 1.82) is 0 Å². The van der Waals surface area contributed by atoms with Crippen LogP contribution in [0.2, 0.25) is 0 Å². The molecule has 2 aromatic rings. The number of hydrogen-bond donors (Lipinski definition) is 2. The Morgan fingerprint density at radius 3 is 2.64 bits per heavy atom. The molecule has 0 aliphatic heterocycles. The first-order valence-electron chi connectivity index (χ1n) is 7.66. The Morgan fingerprint density at radius 1 is 1.32 bits per heavy atom. The van der Waals surface area contributed by atoms with Gasteiger partial charge in [0.15, 0.2) is 5.82 Å². The maximum Gasteiger partial charge on any atom is 0.257 e. The van der Waals surface area contributed by atoms with E-state index < -0.39 is 0 Å². The Bertz CT molecular complexity index is 699. The largest absolute Gasteiger partial charge is 0.349 e. The molecule has 0 radical (unpaired) electrons. The van der Waals surface area contributed by atoms with E-state index in [1.165, 1.54) is 0 Å². The van der Waals surface area contributed by atoms with Gasteiger partial charge in [0.05, 0.1) is 0 Å². The molecule has 1 aromatic carbocycles. The summed E-state index contributed by atoms with van der Waals surface area (Å²) in [5.41, 5.74) is 7.17. The molecule has 1 aromatic heterocycles. The molecule has 6 nitrogen and oxygen atoms in total. The number of aromatic nitrogens is 2. The quantitative estimate of drug-likeness (QED) is 0.874. The molecule has 2 aliphatic carbocycles. The predicted molar refractivity (Wildman–Crippen MR) is 80.2 cm³/mol. The van der Waals surface area contributed by atoms with Crippen LogP contribution < -0.4 is 11.1 Å². The number of nitrogens with zero attached hydrogens (tertiary/aromatic N) is 2. The number of nitrogens with one attached hydrogen (secondary N) is 1. The van der Waals surface area contributed by atoms with Gasteiger partial charge in [0, 0.05) is 29.1 Å². The van der Waals surface area contributed by atoms with Crippen LogP contribution in [0.1, 0.15) is 41.9 Å². The first kappa shape index (κ1) is 13.5. The molecule has 0 saturated heterocycles. The van der Waals surface area contributed by atoms with Crippen molar-refractivity contribution in [3.05, 3.63) is 35.7 Å². The lowest BCUT2D eigenvalue weighted by atomic mass is 10.1. The average molecular weight is 298 g/mol. The van der Waals surface area contributed by atoms with Crippen molar-refractivity contribution in [1.82, 2.24) is 15.5 Å². The molecule has 0 atom stereocenters. The zero-order chi connectivity index (χ0) is 15.2. The molecule has 0 bridgehead atoms. The van der Waals surface area contributed by atoms with Crippen LogP contribution in [0.15, 0.2) is 28.8 Å². The van der Waals surface area contributed by atoms with Gasteiger partial charge < -0.3 is 15.6 Å². The molecule has 1 heterocycles. The molecule has 6 heteroatoms. The molecule has 114 valence electrons. The molecule has 2 saturated carbocycles. The highest BCUT2D eigenvalue weighted by atomic mass is 16.5. The molecular weight excluding hydrogens is 280 g/mol. The molecule has 22 heavy (non-hydrogen) atoms. The Balaban J connectivity index is 1.52. The second-order valence-electron chi connectivity index (χ2n) is 6.23. The summed E-state index contributed by atoms with van der Waals surface area (Å²) < 4.78 is 5.34. The Hall–Kier alpha value is -2.21. The van der Waals surface area contributed by atoms with Crippen LogP contribution in [0.25, 0.3) is 11.5 Å². The van der Waals surface area contributed by atoms with Crippen molar-refractivity contribution in [3.63, 3.8) is 0 Å². The van der Waals surface area contributed by atoms with E-state index in [2.05, 4.69) is 15.5 Å². The van der Waals surface area contributed by atoms with E-state index in [9.17, 15) is 4.79 Å². The maximum atomic E-state index is 11.9. The summed E-state index contributed by atoms with van der Waals surface area (Å²) in [6.07, 6.45) is 4.19. The van der Waals surface area contributed by atoms with Gasteiger partial charge in [-0.25, -0.2) is 0 Å². The third kappa shape index (κ3) is 2.39. The first-order chi connectivity index (χ1) is 10.7. The second kappa shape index (κ2) is 4.91. The molecule has 1 amide bonds. The van der Waals surface area contributed by atoms with E-state index in [1.807, 2.05) is 12.1 Å². The van der Waals surface area contributed by atoms with Gasteiger partial charge >= 0.3 is 0 Å². The topological polar surface area (TPSA) is 94.0 Å². The van der Waals surface area contributed by atoms with Crippen molar-refractivity contribution in [3.8, 4) is 11.5 Å². The van der Waals surface area contributed by atoms with E-state index in [1.54, 1.807) is 12.1 Å². The van der Waals surface area contributed by atoms with E-state index in [-0.39, 0.29) is 11.3 Å². The number of carbonyl (C=O) groups is 1. The lowest BCUT2D eigenvalue weighted by molar-refractivity contribution is 0.0951. The summed E-state index contributed by atoms with van der Waals surface area (Å²) in [7, 11) is 0. The standard InChI is InChI=1S/C16H18N4O2/c17-9-16(7-8-16)15-19-14(22-20-15)11-3-1-10(2-4-11)13(21)18-12-5-6-12/h1-4,12H,5-9,17H2,(H,18,21). The maximum absolute atomic E-state index is 11.9. The van der Waals surface area contributed by atoms with Crippen LogP contribution in [0.3, 0.4) is 0 Å². The Labute approximate surface area is 128 Å². The second-order valence-corrected chi connectivity index (χ2v) is 6.23. The highest BCUT2D eigenvalue weighted by Crippen LogP contribution is 2.46. The summed E-state index contributed by atoms with van der Waals surface area (Å²) in [6, 6.07) is 7.60. The van der Waals surface area contributed by atoms with Gasteiger partial charge in [0.25, 0.3) is 11.8 Å². The van der Waals surface area contributed by atoms with E-state index in [0.717, 1.165) is 31.2 Å². The molecule has 2 fully saturated rings. The Morgan fingerprint density at radius 2 is 2.05 bits per heavy atom. The van der Waals surface area contributed by atoms with Crippen LogP contribution in [0.4, 0.5) is 0 Å². The predicted octanol–water partition coefficient (Wildman–Crippen LogP) is 1.62. The number of nitrogens with two attached hydrogens (primary N) is 1. The fourth-order valence-corrected chi connectivity index (χ4v) is 2.49. The highest BCUT2D eigenvalue weighted by molar-refractivity contribution is 5.94. The fourth-order valence-electron chi connectivity index (χ4n) is 2.49. The first-order valence-corrected chi connectivity index (χ1v) is 7.66. The minimum absolute atomic E-state index is 0.0275. The van der Waals surface area contributed by atoms with E-state index in [4.69, 9.17) is 10.3 Å². The summed E-state index contributed by atoms with van der Waals surface area (Å²) in [4.78, 5) is 16.4. The lowest BCUT2D eigenvalue weighted by Crippen LogP contribution is -2.25. The molecule has 2 aliphatic rings. The number of carbonyl (C=O) groups excluding carboxylic acids is 1. The highest BCUT2D eigenvalue weighted by Gasteiger charge is 2.47. The SMILES string of the molecule is NCC1(c2noc(-c3ccc(C(=O)NC4CC4)cc3)n2)CC1. The summed E-state index contributed by atoms with van der Waals surface area (Å²) in [5.74, 6) is 1.14. The zero-order valence-electron chi connectivity index (χ0n) is 12.2. The number of benzene rings is 1. The Kier molecular flexibility index (Phi) is 3.00. The summed E-state index contributed by atoms with van der Waals surface area (Å²) in [6.45, 7) is 0.548. The van der Waals surface area contributed by atoms with Crippen molar-refractivity contribution in [2.24, 2.45) is 5.73 Å². The number of hydrogen-bond acceptors (Lipinski definition) is 5. The number of rotatable bonds is 5. The van der Waals surface area contributed by atoms with Gasteiger partial charge in [-0.05, 0) is 49.9 Å². The normalized spacial score (nSPS) is 19.0. The number of amides is 1. The minimum atomic E-state index is -0.0775. The monoisotopic (exact) mass is 298 g/mol. The van der Waals surface area contributed by atoms with E-state index >= 15 is 0 Å². The van der Waals surface area contributed by atoms with E-state index in [0.29, 0.717) is 29.9 Å². The van der Waals surface area contributed by atoms with Crippen LogP contribution in [-0.4, -0.2) is 28.6 Å². The van der Waals surface area contributed by atoms with Crippen LogP contribution in [-0.2, 0) is 5.41 Å². The molecule has 4 rings (SSSR count). The fraction of sp³-hybridized carbons (Fsp3) is 0.438. The van der Waals surface area contributed by atoms with Gasteiger partial charge in [-0.2, -0.15) is 4.98 Å². The van der Waals surface area contributed by atoms with Gasteiger partial charge in [-0.1, -0.05) is 5.16 Å². The van der Waals surface area contributed by atoms with Crippen molar-refractivity contribution in [2.75, 3.05) is 6.54 Å². The van der Waals surface area contributed by atoms with Crippen molar-refractivity contribution in [2.45, 2.75) is 37.1 Å². The van der Waals surface area contributed by atoms with Gasteiger partial charge in [0.1, 0.15) is 0 Å². The van der Waals surface area contributed by atoms with Crippen molar-refractivity contribution < 1.29 is 9.32 Å². The van der Waals surface area contributed by atoms with Crippen molar-refractivity contribution >= 4 is 5.91 Å². The third-order valence-electron chi connectivity index (χ3n) is 4.45. The molecule has 0 spiro atoms. The third-order valence-corrected chi connectivity index (χ3v) is 4.45. The van der Waals surface area contributed by atoms with Crippen LogP contribution in [0, 0.1) is 0 Å². The van der Waals surface area contributed by atoms with Gasteiger partial charge in [0.2, 0.25) is 0 Å². The summed E-state index contributed by atoms with van der Waals surface area (Å²) in [5, 5.41) is 7.02. The minimum Gasteiger partial charge on any atom is -0.349 e.